The molecule has 0 saturated heterocycles. The van der Waals surface area contributed by atoms with E-state index in [0.29, 0.717) is 24.2 Å². The fourth-order valence-corrected chi connectivity index (χ4v) is 2.90. The van der Waals surface area contributed by atoms with Gasteiger partial charge < -0.3 is 14.8 Å². The van der Waals surface area contributed by atoms with Crippen LogP contribution in [-0.2, 0) is 10.2 Å². The van der Waals surface area contributed by atoms with Crippen LogP contribution in [0.2, 0.25) is 0 Å². The quantitative estimate of drug-likeness (QED) is 0.892. The molecule has 4 nitrogen and oxygen atoms in total. The second-order valence-corrected chi connectivity index (χ2v) is 5.69. The van der Waals surface area contributed by atoms with Crippen molar-refractivity contribution in [1.29, 1.82) is 0 Å². The maximum atomic E-state index is 13.4. The summed E-state index contributed by atoms with van der Waals surface area (Å²) in [6.45, 7) is 0.0728. The van der Waals surface area contributed by atoms with Crippen LogP contribution in [-0.4, -0.2) is 17.6 Å². The highest BCUT2D eigenvalue weighted by molar-refractivity contribution is 5.89. The molecule has 22 heavy (non-hydrogen) atoms. The molecule has 0 bridgehead atoms. The molecule has 0 aliphatic heterocycles. The van der Waals surface area contributed by atoms with Gasteiger partial charge in [-0.05, 0) is 42.7 Å². The number of hydrogen-bond donors (Lipinski definition) is 2. The molecular weight excluding hydrogens is 285 g/mol. The van der Waals surface area contributed by atoms with Crippen molar-refractivity contribution >= 4 is 5.91 Å². The van der Waals surface area contributed by atoms with E-state index >= 15 is 0 Å². The van der Waals surface area contributed by atoms with Gasteiger partial charge in [-0.2, -0.15) is 0 Å². The minimum atomic E-state index is -0.886. The molecule has 2 N–H and O–H groups in total. The lowest BCUT2D eigenvalue weighted by Crippen LogP contribution is -2.50. The summed E-state index contributed by atoms with van der Waals surface area (Å²) in [4.78, 5) is 12.6. The molecule has 1 atom stereocenters. The second-order valence-electron chi connectivity index (χ2n) is 5.69. The van der Waals surface area contributed by atoms with Crippen molar-refractivity contribution in [3.05, 3.63) is 59.8 Å². The van der Waals surface area contributed by atoms with Gasteiger partial charge in [0.05, 0.1) is 18.2 Å². The van der Waals surface area contributed by atoms with E-state index < -0.39 is 11.5 Å². The average Bonchev–Trinajstić information content (AvgIpc) is 2.98. The summed E-state index contributed by atoms with van der Waals surface area (Å²) in [5.74, 6) is -0.101. The molecule has 1 heterocycles. The lowest BCUT2D eigenvalue weighted by Gasteiger charge is -2.40. The van der Waals surface area contributed by atoms with Crippen LogP contribution >= 0.6 is 0 Å². The highest BCUT2D eigenvalue weighted by atomic mass is 19.1. The zero-order valence-electron chi connectivity index (χ0n) is 12.1. The number of furan rings is 1. The van der Waals surface area contributed by atoms with E-state index in [0.717, 1.165) is 6.42 Å². The topological polar surface area (TPSA) is 62.5 Å². The summed E-state index contributed by atoms with van der Waals surface area (Å²) >= 11 is 0. The number of halogens is 1. The molecule has 1 saturated carbocycles. The van der Waals surface area contributed by atoms with E-state index in [2.05, 4.69) is 5.32 Å². The maximum Gasteiger partial charge on any atom is 0.230 e. The molecule has 1 aliphatic rings. The first kappa shape index (κ1) is 14.8. The van der Waals surface area contributed by atoms with Gasteiger partial charge in [-0.1, -0.05) is 18.6 Å². The first-order chi connectivity index (χ1) is 10.6. The zero-order chi connectivity index (χ0) is 15.6. The number of amides is 1. The predicted molar refractivity (Wildman–Crippen MR) is 78.6 cm³/mol. The minimum Gasteiger partial charge on any atom is -0.467 e. The number of aliphatic hydroxyl groups excluding tert-OH is 1. The Balaban J connectivity index is 1.70. The third kappa shape index (κ3) is 2.64. The number of rotatable bonds is 5. The highest BCUT2D eigenvalue weighted by Crippen LogP contribution is 2.44. The summed E-state index contributed by atoms with van der Waals surface area (Å²) in [6.07, 6.45) is 2.91. The monoisotopic (exact) mass is 303 g/mol. The molecule has 116 valence electrons. The molecule has 0 spiro atoms. The van der Waals surface area contributed by atoms with E-state index in [9.17, 15) is 14.3 Å². The molecule has 3 rings (SSSR count). The van der Waals surface area contributed by atoms with Crippen LogP contribution in [0.25, 0.3) is 0 Å². The van der Waals surface area contributed by atoms with Crippen LogP contribution in [0.5, 0.6) is 0 Å². The molecule has 1 fully saturated rings. The molecule has 1 unspecified atom stereocenters. The molecular formula is C17H18FNO3. The van der Waals surface area contributed by atoms with Gasteiger partial charge in [0.25, 0.3) is 0 Å². The van der Waals surface area contributed by atoms with Crippen LogP contribution in [0.15, 0.2) is 47.1 Å². The van der Waals surface area contributed by atoms with Gasteiger partial charge >= 0.3 is 0 Å². The van der Waals surface area contributed by atoms with E-state index in [1.807, 2.05) is 0 Å². The van der Waals surface area contributed by atoms with Gasteiger partial charge in [-0.15, -0.1) is 0 Å². The van der Waals surface area contributed by atoms with Gasteiger partial charge in [0.15, 0.2) is 0 Å². The lowest BCUT2D eigenvalue weighted by molar-refractivity contribution is -0.130. The van der Waals surface area contributed by atoms with Crippen molar-refractivity contribution in [3.8, 4) is 0 Å². The van der Waals surface area contributed by atoms with Crippen LogP contribution in [0, 0.1) is 5.82 Å². The third-order valence-electron chi connectivity index (χ3n) is 4.35. The molecule has 1 amide bonds. The molecule has 0 radical (unpaired) electrons. The third-order valence-corrected chi connectivity index (χ3v) is 4.35. The summed E-state index contributed by atoms with van der Waals surface area (Å²) in [5, 5.41) is 12.7. The Morgan fingerprint density at radius 1 is 1.36 bits per heavy atom. The Kier molecular flexibility index (Phi) is 3.98. The van der Waals surface area contributed by atoms with Crippen molar-refractivity contribution in [3.63, 3.8) is 0 Å². The predicted octanol–water partition coefficient (Wildman–Crippen LogP) is 2.69. The number of aliphatic hydroxyl groups is 1. The van der Waals surface area contributed by atoms with E-state index in [1.165, 1.54) is 18.4 Å². The summed E-state index contributed by atoms with van der Waals surface area (Å²) in [5.41, 5.74) is 0.0223. The maximum absolute atomic E-state index is 13.4. The average molecular weight is 303 g/mol. The fraction of sp³-hybridized carbons (Fsp3) is 0.353. The van der Waals surface area contributed by atoms with E-state index in [1.54, 1.807) is 24.3 Å². The normalized spacial score (nSPS) is 17.5. The Bertz CT molecular complexity index is 650. The highest BCUT2D eigenvalue weighted by Gasteiger charge is 2.45. The van der Waals surface area contributed by atoms with E-state index in [-0.39, 0.29) is 18.3 Å². The molecule has 5 heteroatoms. The van der Waals surface area contributed by atoms with Crippen molar-refractivity contribution in [1.82, 2.24) is 5.32 Å². The van der Waals surface area contributed by atoms with Crippen molar-refractivity contribution in [2.45, 2.75) is 30.8 Å². The Morgan fingerprint density at radius 3 is 2.77 bits per heavy atom. The number of carbonyl (C=O) groups is 1. The van der Waals surface area contributed by atoms with Gasteiger partial charge in [-0.3, -0.25) is 4.79 Å². The van der Waals surface area contributed by atoms with Crippen LogP contribution in [0.3, 0.4) is 0 Å². The minimum absolute atomic E-state index is 0.0728. The van der Waals surface area contributed by atoms with Gasteiger partial charge in [-0.25, -0.2) is 4.39 Å². The number of hydrogen-bond acceptors (Lipinski definition) is 3. The Labute approximate surface area is 128 Å². The van der Waals surface area contributed by atoms with Crippen molar-refractivity contribution in [2.24, 2.45) is 0 Å². The van der Waals surface area contributed by atoms with Crippen molar-refractivity contribution < 1.29 is 18.7 Å². The molecule has 2 aromatic rings. The number of benzene rings is 1. The standard InChI is InChI=1S/C17H18FNO3/c18-13-5-1-4-12(10-13)17(7-3-8-17)16(21)19-11-14(20)15-6-2-9-22-15/h1-2,4-6,9-10,14,20H,3,7-8,11H2,(H,19,21). The Hall–Kier alpha value is -2.14. The zero-order valence-corrected chi connectivity index (χ0v) is 12.1. The van der Waals surface area contributed by atoms with Crippen LogP contribution in [0.1, 0.15) is 36.7 Å². The molecule has 1 aliphatic carbocycles. The first-order valence-electron chi connectivity index (χ1n) is 7.38. The smallest absolute Gasteiger partial charge is 0.230 e. The van der Waals surface area contributed by atoms with Gasteiger partial charge in [0.2, 0.25) is 5.91 Å². The largest absolute Gasteiger partial charge is 0.467 e. The second kappa shape index (κ2) is 5.93. The first-order valence-corrected chi connectivity index (χ1v) is 7.38. The molecule has 1 aromatic heterocycles. The van der Waals surface area contributed by atoms with Crippen molar-refractivity contribution in [2.75, 3.05) is 6.54 Å². The lowest BCUT2D eigenvalue weighted by atomic mass is 9.64. The number of carbonyl (C=O) groups excluding carboxylic acids is 1. The summed E-state index contributed by atoms with van der Waals surface area (Å²) < 4.78 is 18.5. The van der Waals surface area contributed by atoms with Crippen LogP contribution in [0.4, 0.5) is 4.39 Å². The fourth-order valence-electron chi connectivity index (χ4n) is 2.90. The van der Waals surface area contributed by atoms with Gasteiger partial charge in [0, 0.05) is 0 Å². The summed E-state index contributed by atoms with van der Waals surface area (Å²) in [6, 6.07) is 9.53. The SMILES string of the molecule is O=C(NCC(O)c1ccco1)C1(c2cccc(F)c2)CCC1. The molecule has 1 aromatic carbocycles. The number of nitrogens with one attached hydrogen (secondary N) is 1. The van der Waals surface area contributed by atoms with Gasteiger partial charge in [0.1, 0.15) is 17.7 Å². The summed E-state index contributed by atoms with van der Waals surface area (Å²) in [7, 11) is 0. The van der Waals surface area contributed by atoms with Crippen LogP contribution < -0.4 is 5.32 Å². The Morgan fingerprint density at radius 2 is 2.18 bits per heavy atom. The van der Waals surface area contributed by atoms with E-state index in [4.69, 9.17) is 4.42 Å².